The van der Waals surface area contributed by atoms with Crippen molar-refractivity contribution in [3.8, 4) is 5.75 Å². The monoisotopic (exact) mass is 295 g/mol. The smallest absolute Gasteiger partial charge is 0.134 e. The number of hydrogen-bond donors (Lipinski definition) is 0. The maximum atomic E-state index is 5.95. The minimum absolute atomic E-state index is 0.763. The van der Waals surface area contributed by atoms with Crippen LogP contribution >= 0.6 is 0 Å². The van der Waals surface area contributed by atoms with Gasteiger partial charge >= 0.3 is 0 Å². The number of hydrogen-bond acceptors (Lipinski definition) is 3. The Bertz CT molecular complexity index is 771. The first-order chi connectivity index (χ1) is 10.9. The Morgan fingerprint density at radius 2 is 1.82 bits per heavy atom. The van der Waals surface area contributed by atoms with Crippen molar-refractivity contribution in [3.63, 3.8) is 0 Å². The Morgan fingerprint density at radius 3 is 2.73 bits per heavy atom. The van der Waals surface area contributed by atoms with Gasteiger partial charge in [-0.15, -0.1) is 0 Å². The van der Waals surface area contributed by atoms with Crippen molar-refractivity contribution in [2.45, 2.75) is 19.3 Å². The van der Waals surface area contributed by atoms with E-state index in [4.69, 9.17) is 9.15 Å². The van der Waals surface area contributed by atoms with Gasteiger partial charge in [-0.2, -0.15) is 0 Å². The molecule has 2 aromatic carbocycles. The van der Waals surface area contributed by atoms with Gasteiger partial charge in [-0.1, -0.05) is 12.5 Å². The van der Waals surface area contributed by atoms with Crippen molar-refractivity contribution in [1.29, 1.82) is 0 Å². The van der Waals surface area contributed by atoms with Crippen molar-refractivity contribution < 1.29 is 9.15 Å². The second-order valence-corrected chi connectivity index (χ2v) is 6.07. The lowest BCUT2D eigenvalue weighted by molar-refractivity contribution is 0.183. The highest BCUT2D eigenvalue weighted by molar-refractivity contribution is 5.96. The van der Waals surface area contributed by atoms with Crippen LogP contribution in [0.15, 0.2) is 47.1 Å². The van der Waals surface area contributed by atoms with Crippen LogP contribution in [0.1, 0.15) is 19.3 Å². The standard InChI is InChI=1S/C19H21NO2/c1-2-7-20(8-3-1)9-11-21-18-5-4-15-14-19-16(6-10-22-19)12-17(15)13-18/h4-6,10,12-14H,1-3,7-9,11H2. The molecular weight excluding hydrogens is 274 g/mol. The second kappa shape index (κ2) is 6.01. The Balaban J connectivity index is 1.46. The minimum Gasteiger partial charge on any atom is -0.492 e. The summed E-state index contributed by atoms with van der Waals surface area (Å²) in [5.41, 5.74) is 0.936. The van der Waals surface area contributed by atoms with Gasteiger partial charge in [0.15, 0.2) is 0 Å². The summed E-state index contributed by atoms with van der Waals surface area (Å²) >= 11 is 0. The molecule has 0 aliphatic carbocycles. The fourth-order valence-electron chi connectivity index (χ4n) is 3.25. The highest BCUT2D eigenvalue weighted by atomic mass is 16.5. The van der Waals surface area contributed by atoms with Crippen LogP contribution in [0.3, 0.4) is 0 Å². The third kappa shape index (κ3) is 2.81. The number of likely N-dealkylation sites (tertiary alicyclic amines) is 1. The third-order valence-corrected chi connectivity index (χ3v) is 4.51. The highest BCUT2D eigenvalue weighted by Gasteiger charge is 2.09. The molecule has 3 heteroatoms. The summed E-state index contributed by atoms with van der Waals surface area (Å²) in [6.07, 6.45) is 5.78. The van der Waals surface area contributed by atoms with Gasteiger partial charge in [-0.25, -0.2) is 0 Å². The van der Waals surface area contributed by atoms with Gasteiger partial charge in [0, 0.05) is 11.9 Å². The molecule has 4 rings (SSSR count). The van der Waals surface area contributed by atoms with Gasteiger partial charge in [0.25, 0.3) is 0 Å². The molecular formula is C19H21NO2. The SMILES string of the molecule is c1cc2cc3cc(OCCN4CCCCC4)ccc3cc2o1. The van der Waals surface area contributed by atoms with Gasteiger partial charge in [0.2, 0.25) is 0 Å². The maximum absolute atomic E-state index is 5.95. The van der Waals surface area contributed by atoms with Crippen LogP contribution in [0.4, 0.5) is 0 Å². The highest BCUT2D eigenvalue weighted by Crippen LogP contribution is 2.26. The van der Waals surface area contributed by atoms with Crippen LogP contribution in [-0.2, 0) is 0 Å². The van der Waals surface area contributed by atoms with Crippen LogP contribution in [0.25, 0.3) is 21.7 Å². The molecule has 0 unspecified atom stereocenters. The molecule has 3 nitrogen and oxygen atoms in total. The molecule has 0 saturated carbocycles. The van der Waals surface area contributed by atoms with Crippen molar-refractivity contribution in [2.24, 2.45) is 0 Å². The molecule has 114 valence electrons. The van der Waals surface area contributed by atoms with E-state index in [1.807, 2.05) is 12.1 Å². The Hall–Kier alpha value is -2.00. The largest absolute Gasteiger partial charge is 0.492 e. The molecule has 0 spiro atoms. The Kier molecular flexibility index (Phi) is 3.73. The van der Waals surface area contributed by atoms with E-state index in [-0.39, 0.29) is 0 Å². The number of furan rings is 1. The molecule has 0 bridgehead atoms. The molecule has 0 N–H and O–H groups in total. The first-order valence-corrected chi connectivity index (χ1v) is 8.15. The van der Waals surface area contributed by atoms with Crippen LogP contribution in [0, 0.1) is 0 Å². The molecule has 1 fully saturated rings. The first-order valence-electron chi connectivity index (χ1n) is 8.15. The van der Waals surface area contributed by atoms with E-state index in [0.29, 0.717) is 0 Å². The summed E-state index contributed by atoms with van der Waals surface area (Å²) in [5.74, 6) is 0.951. The zero-order valence-electron chi connectivity index (χ0n) is 12.8. The van der Waals surface area contributed by atoms with Crippen LogP contribution < -0.4 is 4.74 Å². The average molecular weight is 295 g/mol. The topological polar surface area (TPSA) is 25.6 Å². The molecule has 1 aromatic heterocycles. The number of ether oxygens (including phenoxy) is 1. The summed E-state index contributed by atoms with van der Waals surface area (Å²) in [6.45, 7) is 4.23. The number of nitrogens with zero attached hydrogens (tertiary/aromatic N) is 1. The number of rotatable bonds is 4. The molecule has 22 heavy (non-hydrogen) atoms. The van der Waals surface area contributed by atoms with E-state index in [1.54, 1.807) is 6.26 Å². The molecule has 1 saturated heterocycles. The van der Waals surface area contributed by atoms with Crippen molar-refractivity contribution in [1.82, 2.24) is 4.90 Å². The molecule has 3 aromatic rings. The van der Waals surface area contributed by atoms with Gasteiger partial charge in [0.05, 0.1) is 6.26 Å². The predicted octanol–water partition coefficient (Wildman–Crippen LogP) is 4.45. The van der Waals surface area contributed by atoms with E-state index in [0.717, 1.165) is 29.9 Å². The maximum Gasteiger partial charge on any atom is 0.134 e. The molecule has 1 aliphatic heterocycles. The second-order valence-electron chi connectivity index (χ2n) is 6.07. The van der Waals surface area contributed by atoms with Crippen LogP contribution in [0.5, 0.6) is 5.75 Å². The van der Waals surface area contributed by atoms with Crippen molar-refractivity contribution in [2.75, 3.05) is 26.2 Å². The fraction of sp³-hybridized carbons (Fsp3) is 0.368. The molecule has 0 atom stereocenters. The lowest BCUT2D eigenvalue weighted by atomic mass is 10.1. The summed E-state index contributed by atoms with van der Waals surface area (Å²) < 4.78 is 11.4. The lowest BCUT2D eigenvalue weighted by Crippen LogP contribution is -2.33. The van der Waals surface area contributed by atoms with Crippen LogP contribution in [0.2, 0.25) is 0 Å². The number of piperidine rings is 1. The van der Waals surface area contributed by atoms with Crippen molar-refractivity contribution >= 4 is 21.7 Å². The molecule has 1 aliphatic rings. The molecule has 0 amide bonds. The number of fused-ring (bicyclic) bond motifs is 2. The van der Waals surface area contributed by atoms with E-state index in [1.165, 1.54) is 43.1 Å². The summed E-state index contributed by atoms with van der Waals surface area (Å²) in [6, 6.07) is 12.5. The van der Waals surface area contributed by atoms with Crippen molar-refractivity contribution in [3.05, 3.63) is 42.7 Å². The predicted molar refractivity (Wildman–Crippen MR) is 89.5 cm³/mol. The summed E-state index contributed by atoms with van der Waals surface area (Å²) in [4.78, 5) is 2.50. The summed E-state index contributed by atoms with van der Waals surface area (Å²) in [5, 5.41) is 3.52. The van der Waals surface area contributed by atoms with E-state index in [2.05, 4.69) is 29.2 Å². The number of benzene rings is 2. The van der Waals surface area contributed by atoms with Gasteiger partial charge in [-0.05, 0) is 67.0 Å². The average Bonchev–Trinajstić information content (AvgIpc) is 3.01. The van der Waals surface area contributed by atoms with Gasteiger partial charge in [-0.3, -0.25) is 4.90 Å². The zero-order valence-corrected chi connectivity index (χ0v) is 12.8. The van der Waals surface area contributed by atoms with Gasteiger partial charge < -0.3 is 9.15 Å². The van der Waals surface area contributed by atoms with E-state index in [9.17, 15) is 0 Å². The minimum atomic E-state index is 0.763. The zero-order chi connectivity index (χ0) is 14.8. The fourth-order valence-corrected chi connectivity index (χ4v) is 3.25. The lowest BCUT2D eigenvalue weighted by Gasteiger charge is -2.26. The van der Waals surface area contributed by atoms with Crippen LogP contribution in [-0.4, -0.2) is 31.1 Å². The third-order valence-electron chi connectivity index (χ3n) is 4.51. The Morgan fingerprint density at radius 1 is 0.909 bits per heavy atom. The molecule has 0 radical (unpaired) electrons. The first kappa shape index (κ1) is 13.6. The normalized spacial score (nSPS) is 16.4. The molecule has 2 heterocycles. The van der Waals surface area contributed by atoms with Gasteiger partial charge in [0.1, 0.15) is 17.9 Å². The summed E-state index contributed by atoms with van der Waals surface area (Å²) in [7, 11) is 0. The Labute approximate surface area is 130 Å². The van der Waals surface area contributed by atoms with E-state index >= 15 is 0 Å². The van der Waals surface area contributed by atoms with E-state index < -0.39 is 0 Å². The quantitative estimate of drug-likeness (QED) is 0.711.